The van der Waals surface area contributed by atoms with E-state index in [1.807, 2.05) is 24.3 Å². The molecule has 0 amide bonds. The molecule has 0 aromatic heterocycles. The van der Waals surface area contributed by atoms with Gasteiger partial charge in [0.15, 0.2) is 11.5 Å². The Morgan fingerprint density at radius 3 is 2.94 bits per heavy atom. The second-order valence-electron chi connectivity index (χ2n) is 3.70. The Bertz CT molecular complexity index is 421. The predicted octanol–water partition coefficient (Wildman–Crippen LogP) is 2.80. The molecule has 0 bridgehead atoms. The topological polar surface area (TPSA) is 35.5 Å². The SMILES string of the molecule is CCC/C(C=O)=C/c1ccc2c(c1)OCO2. The smallest absolute Gasteiger partial charge is 0.231 e. The van der Waals surface area contributed by atoms with Crippen LogP contribution in [0.5, 0.6) is 11.5 Å². The molecule has 0 saturated carbocycles. The van der Waals surface area contributed by atoms with Gasteiger partial charge in [-0.1, -0.05) is 19.4 Å². The maximum atomic E-state index is 10.8. The van der Waals surface area contributed by atoms with Crippen molar-refractivity contribution >= 4 is 12.4 Å². The molecule has 0 N–H and O–H groups in total. The molecule has 0 atom stereocenters. The van der Waals surface area contributed by atoms with Crippen LogP contribution in [-0.4, -0.2) is 13.1 Å². The Morgan fingerprint density at radius 2 is 2.19 bits per heavy atom. The van der Waals surface area contributed by atoms with Gasteiger partial charge in [0.2, 0.25) is 6.79 Å². The van der Waals surface area contributed by atoms with Crippen LogP contribution in [0.15, 0.2) is 23.8 Å². The number of hydrogen-bond acceptors (Lipinski definition) is 3. The summed E-state index contributed by atoms with van der Waals surface area (Å²) in [6.07, 6.45) is 4.57. The highest BCUT2D eigenvalue weighted by atomic mass is 16.7. The van der Waals surface area contributed by atoms with Crippen molar-refractivity contribution in [1.29, 1.82) is 0 Å². The first-order valence-electron chi connectivity index (χ1n) is 5.39. The molecule has 1 aromatic rings. The minimum atomic E-state index is 0.276. The van der Waals surface area contributed by atoms with E-state index in [4.69, 9.17) is 9.47 Å². The first-order valence-corrected chi connectivity index (χ1v) is 5.39. The summed E-state index contributed by atoms with van der Waals surface area (Å²) in [6, 6.07) is 5.68. The minimum Gasteiger partial charge on any atom is -0.454 e. The van der Waals surface area contributed by atoms with Crippen LogP contribution in [-0.2, 0) is 4.79 Å². The summed E-state index contributed by atoms with van der Waals surface area (Å²) in [4.78, 5) is 10.8. The molecule has 84 valence electrons. The maximum absolute atomic E-state index is 10.8. The maximum Gasteiger partial charge on any atom is 0.231 e. The lowest BCUT2D eigenvalue weighted by atomic mass is 10.1. The van der Waals surface area contributed by atoms with E-state index in [1.54, 1.807) is 0 Å². The van der Waals surface area contributed by atoms with Gasteiger partial charge in [0.05, 0.1) is 0 Å². The molecule has 0 saturated heterocycles. The average molecular weight is 218 g/mol. The molecular formula is C13H14O3. The molecule has 0 unspecified atom stereocenters. The van der Waals surface area contributed by atoms with Crippen LogP contribution in [0, 0.1) is 0 Å². The molecule has 1 aliphatic rings. The quantitative estimate of drug-likeness (QED) is 0.575. The number of hydrogen-bond donors (Lipinski definition) is 0. The van der Waals surface area contributed by atoms with Crippen molar-refractivity contribution < 1.29 is 14.3 Å². The normalized spacial score (nSPS) is 13.9. The van der Waals surface area contributed by atoms with E-state index in [9.17, 15) is 4.79 Å². The van der Waals surface area contributed by atoms with Crippen LogP contribution < -0.4 is 9.47 Å². The molecule has 1 aliphatic heterocycles. The van der Waals surface area contributed by atoms with Gasteiger partial charge in [0.25, 0.3) is 0 Å². The molecular weight excluding hydrogens is 204 g/mol. The fourth-order valence-electron chi connectivity index (χ4n) is 1.67. The first-order chi connectivity index (χ1) is 7.83. The summed E-state index contributed by atoms with van der Waals surface area (Å²) < 4.78 is 10.5. The summed E-state index contributed by atoms with van der Waals surface area (Å²) in [5.41, 5.74) is 1.78. The molecule has 2 rings (SSSR count). The lowest BCUT2D eigenvalue weighted by molar-refractivity contribution is -0.105. The van der Waals surface area contributed by atoms with Crippen LogP contribution in [0.3, 0.4) is 0 Å². The molecule has 0 radical (unpaired) electrons. The Balaban J connectivity index is 2.24. The number of rotatable bonds is 4. The Hall–Kier alpha value is -1.77. The monoisotopic (exact) mass is 218 g/mol. The molecule has 3 nitrogen and oxygen atoms in total. The van der Waals surface area contributed by atoms with Crippen molar-refractivity contribution in [2.75, 3.05) is 6.79 Å². The summed E-state index contributed by atoms with van der Waals surface area (Å²) in [5, 5.41) is 0. The van der Waals surface area contributed by atoms with Crippen molar-refractivity contribution in [2.24, 2.45) is 0 Å². The number of benzene rings is 1. The highest BCUT2D eigenvalue weighted by molar-refractivity contribution is 5.81. The third kappa shape index (κ3) is 2.24. The molecule has 3 heteroatoms. The van der Waals surface area contributed by atoms with Gasteiger partial charge in [-0.05, 0) is 35.8 Å². The second kappa shape index (κ2) is 4.84. The highest BCUT2D eigenvalue weighted by Crippen LogP contribution is 2.33. The van der Waals surface area contributed by atoms with Gasteiger partial charge in [-0.2, -0.15) is 0 Å². The second-order valence-corrected chi connectivity index (χ2v) is 3.70. The van der Waals surface area contributed by atoms with Gasteiger partial charge in [-0.25, -0.2) is 0 Å². The summed E-state index contributed by atoms with van der Waals surface area (Å²) in [6.45, 7) is 2.33. The molecule has 1 heterocycles. The summed E-state index contributed by atoms with van der Waals surface area (Å²) in [5.74, 6) is 1.51. The van der Waals surface area contributed by atoms with E-state index in [0.717, 1.165) is 41.8 Å². The standard InChI is InChI=1S/C13H14O3/c1-2-3-11(8-14)6-10-4-5-12-13(7-10)16-9-15-12/h4-8H,2-3,9H2,1H3/b11-6-. The van der Waals surface area contributed by atoms with Crippen LogP contribution in [0.4, 0.5) is 0 Å². The predicted molar refractivity (Wildman–Crippen MR) is 61.5 cm³/mol. The lowest BCUT2D eigenvalue weighted by Gasteiger charge is -2.00. The van der Waals surface area contributed by atoms with E-state index in [-0.39, 0.29) is 6.79 Å². The van der Waals surface area contributed by atoms with Gasteiger partial charge >= 0.3 is 0 Å². The number of ether oxygens (including phenoxy) is 2. The highest BCUT2D eigenvalue weighted by Gasteiger charge is 2.12. The van der Waals surface area contributed by atoms with Crippen molar-refractivity contribution in [1.82, 2.24) is 0 Å². The number of fused-ring (bicyclic) bond motifs is 1. The molecule has 1 aromatic carbocycles. The number of aldehydes is 1. The van der Waals surface area contributed by atoms with Crippen molar-refractivity contribution in [3.05, 3.63) is 29.3 Å². The Morgan fingerprint density at radius 1 is 1.38 bits per heavy atom. The zero-order valence-electron chi connectivity index (χ0n) is 9.23. The van der Waals surface area contributed by atoms with Crippen LogP contribution >= 0.6 is 0 Å². The van der Waals surface area contributed by atoms with E-state index in [1.165, 1.54) is 0 Å². The van der Waals surface area contributed by atoms with Crippen LogP contribution in [0.25, 0.3) is 6.08 Å². The van der Waals surface area contributed by atoms with E-state index in [0.29, 0.717) is 0 Å². The van der Waals surface area contributed by atoms with Crippen molar-refractivity contribution in [3.8, 4) is 11.5 Å². The molecule has 16 heavy (non-hydrogen) atoms. The Labute approximate surface area is 94.7 Å². The fraction of sp³-hybridized carbons (Fsp3) is 0.308. The van der Waals surface area contributed by atoms with Gasteiger partial charge in [0.1, 0.15) is 6.29 Å². The van der Waals surface area contributed by atoms with Gasteiger partial charge in [-0.3, -0.25) is 4.79 Å². The third-order valence-corrected chi connectivity index (χ3v) is 2.44. The van der Waals surface area contributed by atoms with Gasteiger partial charge in [0, 0.05) is 0 Å². The van der Waals surface area contributed by atoms with Crippen molar-refractivity contribution in [2.45, 2.75) is 19.8 Å². The molecule has 0 aliphatic carbocycles. The van der Waals surface area contributed by atoms with Gasteiger partial charge in [-0.15, -0.1) is 0 Å². The van der Waals surface area contributed by atoms with Crippen LogP contribution in [0.2, 0.25) is 0 Å². The number of carbonyl (C=O) groups is 1. The average Bonchev–Trinajstić information content (AvgIpc) is 2.75. The first kappa shape index (κ1) is 10.7. The summed E-state index contributed by atoms with van der Waals surface area (Å²) >= 11 is 0. The number of allylic oxidation sites excluding steroid dienone is 1. The van der Waals surface area contributed by atoms with Gasteiger partial charge < -0.3 is 9.47 Å². The third-order valence-electron chi connectivity index (χ3n) is 2.44. The minimum absolute atomic E-state index is 0.276. The van der Waals surface area contributed by atoms with E-state index < -0.39 is 0 Å². The van der Waals surface area contributed by atoms with Crippen molar-refractivity contribution in [3.63, 3.8) is 0 Å². The molecule has 0 fully saturated rings. The van der Waals surface area contributed by atoms with Crippen LogP contribution in [0.1, 0.15) is 25.3 Å². The zero-order valence-corrected chi connectivity index (χ0v) is 9.23. The van der Waals surface area contributed by atoms with E-state index in [2.05, 4.69) is 6.92 Å². The summed E-state index contributed by atoms with van der Waals surface area (Å²) in [7, 11) is 0. The molecule has 0 spiro atoms. The zero-order chi connectivity index (χ0) is 11.4. The lowest BCUT2D eigenvalue weighted by Crippen LogP contribution is -1.92. The Kier molecular flexibility index (Phi) is 3.25. The fourth-order valence-corrected chi connectivity index (χ4v) is 1.67. The number of carbonyl (C=O) groups excluding carboxylic acids is 1. The van der Waals surface area contributed by atoms with E-state index >= 15 is 0 Å². The largest absolute Gasteiger partial charge is 0.454 e.